The second kappa shape index (κ2) is 8.65. The number of morpholine rings is 1. The molecule has 0 radical (unpaired) electrons. The molecule has 6 rings (SSSR count). The largest absolute Gasteiger partial charge is 0.554 e. The predicted octanol–water partition coefficient (Wildman–Crippen LogP) is 3.38. The molecule has 0 aliphatic carbocycles. The standard InChI is InChI=1S/C24H23FN2O3S.CH2O2/c1-27(2)18-11-15(12-19(27)23-22(18)30-23)29-24(28)26-17-8-7-14(25)10-16(17)21-9-13-5-3-4-6-20(13)31-21;2-1-3/h3-10,15,18-19,22-23H,11-12H2,1-2H3;1H,(H,2,3)/t15-,18-,19+,22-,23+;. The molecule has 7 nitrogen and oxygen atoms in total. The minimum atomic E-state index is -0.500. The number of likely N-dealkylation sites (N-methyl/N-ethyl adjacent to an activating group) is 1. The lowest BCUT2D eigenvalue weighted by Crippen LogP contribution is -2.60. The van der Waals surface area contributed by atoms with E-state index in [4.69, 9.17) is 19.4 Å². The van der Waals surface area contributed by atoms with Crippen molar-refractivity contribution in [1.82, 2.24) is 0 Å². The SMILES string of the molecule is C[N+]1(C)[C@@H]2C[C@@H](OC(=O)Nc3ccc(F)cc3-c3cc4ccccc4s3)C[C@H]1[C@@H]1O[C@@H]12.O=C[O-]. The smallest absolute Gasteiger partial charge is 0.411 e. The van der Waals surface area contributed by atoms with Crippen molar-refractivity contribution in [2.75, 3.05) is 19.4 Å². The van der Waals surface area contributed by atoms with Crippen molar-refractivity contribution in [1.29, 1.82) is 0 Å². The minimum absolute atomic E-state index is 0.120. The third-order valence-electron chi connectivity index (χ3n) is 7.22. The quantitative estimate of drug-likeness (QED) is 0.350. The molecule has 0 saturated carbocycles. The van der Waals surface area contributed by atoms with Crippen LogP contribution in [-0.4, -0.2) is 61.5 Å². The van der Waals surface area contributed by atoms with Crippen molar-refractivity contribution in [3.05, 3.63) is 54.3 Å². The number of quaternary nitrogens is 1. The summed E-state index contributed by atoms with van der Waals surface area (Å²) >= 11 is 1.57. The topological polar surface area (TPSA) is 91.0 Å². The van der Waals surface area contributed by atoms with Gasteiger partial charge in [0.15, 0.2) is 0 Å². The van der Waals surface area contributed by atoms with Crippen LogP contribution in [-0.2, 0) is 14.3 Å². The van der Waals surface area contributed by atoms with Crippen molar-refractivity contribution in [3.8, 4) is 10.4 Å². The average Bonchev–Trinajstić information content (AvgIpc) is 3.42. The van der Waals surface area contributed by atoms with Crippen molar-refractivity contribution >= 4 is 39.7 Å². The van der Waals surface area contributed by atoms with E-state index >= 15 is 0 Å². The Bertz CT molecular complexity index is 1190. The molecule has 3 saturated heterocycles. The van der Waals surface area contributed by atoms with Gasteiger partial charge in [-0.3, -0.25) is 5.32 Å². The number of fused-ring (bicyclic) bond motifs is 6. The number of carbonyl (C=O) groups excluding carboxylic acids is 2. The van der Waals surface area contributed by atoms with Crippen LogP contribution in [0.1, 0.15) is 12.8 Å². The summed E-state index contributed by atoms with van der Waals surface area (Å²) in [6.45, 7) is -0.500. The first-order valence-electron chi connectivity index (χ1n) is 11.1. The van der Waals surface area contributed by atoms with Gasteiger partial charge in [0.1, 0.15) is 36.2 Å². The highest BCUT2D eigenvalue weighted by atomic mass is 32.1. The molecular formula is C25H25FN2O5S. The number of halogens is 1. The zero-order valence-electron chi connectivity index (χ0n) is 18.8. The fourth-order valence-corrected chi connectivity index (χ4v) is 6.63. The maximum atomic E-state index is 14.1. The Balaban J connectivity index is 0.000000764. The molecule has 2 aromatic carbocycles. The zero-order chi connectivity index (χ0) is 24.0. The first-order valence-corrected chi connectivity index (χ1v) is 11.9. The summed E-state index contributed by atoms with van der Waals surface area (Å²) < 4.78 is 27.7. The number of nitrogens with zero attached hydrogens (tertiary/aromatic N) is 1. The monoisotopic (exact) mass is 484 g/mol. The number of hydrogen-bond acceptors (Lipinski definition) is 6. The molecule has 34 heavy (non-hydrogen) atoms. The summed E-state index contributed by atoms with van der Waals surface area (Å²) in [5.41, 5.74) is 1.22. The lowest BCUT2D eigenvalue weighted by molar-refractivity contribution is -0.938. The third kappa shape index (κ3) is 4.04. The minimum Gasteiger partial charge on any atom is -0.554 e. The number of hydrogen-bond donors (Lipinski definition) is 1. The second-order valence-electron chi connectivity index (χ2n) is 9.39. The molecule has 1 aromatic heterocycles. The van der Waals surface area contributed by atoms with Gasteiger partial charge in [-0.15, -0.1) is 11.3 Å². The Hall–Kier alpha value is -3.01. The Morgan fingerprint density at radius 3 is 2.53 bits per heavy atom. The molecule has 178 valence electrons. The van der Waals surface area contributed by atoms with Gasteiger partial charge in [0.05, 0.1) is 19.8 Å². The van der Waals surface area contributed by atoms with Crippen molar-refractivity contribution in [2.45, 2.75) is 43.2 Å². The number of carboxylic acid groups (broad SMARTS) is 1. The number of rotatable bonds is 3. The van der Waals surface area contributed by atoms with Crippen LogP contribution in [0.3, 0.4) is 0 Å². The van der Waals surface area contributed by atoms with Gasteiger partial charge in [0, 0.05) is 34.5 Å². The first kappa shape index (κ1) is 22.8. The molecule has 0 unspecified atom stereocenters. The van der Waals surface area contributed by atoms with E-state index in [1.54, 1.807) is 17.4 Å². The molecule has 3 aliphatic rings. The highest BCUT2D eigenvalue weighted by Crippen LogP contribution is 2.51. The number of carbonyl (C=O) groups is 2. The maximum absolute atomic E-state index is 14.1. The zero-order valence-corrected chi connectivity index (χ0v) is 19.6. The molecule has 2 bridgehead atoms. The van der Waals surface area contributed by atoms with Crippen molar-refractivity contribution in [3.63, 3.8) is 0 Å². The molecule has 1 amide bonds. The van der Waals surface area contributed by atoms with E-state index in [2.05, 4.69) is 19.4 Å². The lowest BCUT2D eigenvalue weighted by atomic mass is 9.96. The Labute approximate surface area is 200 Å². The fourth-order valence-electron chi connectivity index (χ4n) is 5.54. The van der Waals surface area contributed by atoms with Gasteiger partial charge < -0.3 is 23.9 Å². The summed E-state index contributed by atoms with van der Waals surface area (Å²) in [7, 11) is 4.49. The first-order chi connectivity index (χ1) is 16.3. The van der Waals surface area contributed by atoms with Crippen LogP contribution < -0.4 is 10.4 Å². The average molecular weight is 485 g/mol. The molecule has 1 N–H and O–H groups in total. The summed E-state index contributed by atoms with van der Waals surface area (Å²) in [5, 5.41) is 12.2. The number of nitrogens with one attached hydrogen (secondary N) is 1. The molecule has 4 heterocycles. The number of benzene rings is 2. The molecule has 3 aliphatic heterocycles. The van der Waals surface area contributed by atoms with Gasteiger partial charge in [0.2, 0.25) is 0 Å². The van der Waals surface area contributed by atoms with E-state index < -0.39 is 12.6 Å². The fraction of sp³-hybridized carbons (Fsp3) is 0.360. The third-order valence-corrected chi connectivity index (χ3v) is 8.37. The van der Waals surface area contributed by atoms with Gasteiger partial charge in [-0.05, 0) is 35.7 Å². The number of thiophene rings is 1. The van der Waals surface area contributed by atoms with Crippen molar-refractivity contribution in [2.24, 2.45) is 0 Å². The van der Waals surface area contributed by atoms with Crippen molar-refractivity contribution < 1.29 is 33.0 Å². The lowest BCUT2D eigenvalue weighted by Gasteiger charge is -2.45. The summed E-state index contributed by atoms with van der Waals surface area (Å²) in [5.74, 6) is -0.338. The number of epoxide rings is 1. The van der Waals surface area contributed by atoms with Crippen LogP contribution in [0.2, 0.25) is 0 Å². The number of ether oxygens (including phenoxy) is 2. The Kier molecular flexibility index (Phi) is 5.79. The van der Waals surface area contributed by atoms with Gasteiger partial charge in [0.25, 0.3) is 0 Å². The molecule has 3 aromatic rings. The normalized spacial score (nSPS) is 27.8. The molecule has 3 fully saturated rings. The van der Waals surface area contributed by atoms with E-state index in [0.717, 1.165) is 32.3 Å². The van der Waals surface area contributed by atoms with Crippen LogP contribution in [0.5, 0.6) is 0 Å². The van der Waals surface area contributed by atoms with Gasteiger partial charge in [-0.1, -0.05) is 18.2 Å². The summed E-state index contributed by atoms with van der Waals surface area (Å²) in [6.07, 6.45) is 1.64. The van der Waals surface area contributed by atoms with E-state index in [1.807, 2.05) is 30.3 Å². The highest BCUT2D eigenvalue weighted by Gasteiger charge is 2.70. The molecular weight excluding hydrogens is 459 g/mol. The summed E-state index contributed by atoms with van der Waals surface area (Å²) in [4.78, 5) is 21.9. The maximum Gasteiger partial charge on any atom is 0.411 e. The van der Waals surface area contributed by atoms with E-state index in [9.17, 15) is 9.18 Å². The second-order valence-corrected chi connectivity index (χ2v) is 10.5. The number of anilines is 1. The Morgan fingerprint density at radius 1 is 1.18 bits per heavy atom. The Morgan fingerprint density at radius 2 is 1.85 bits per heavy atom. The number of piperidine rings is 1. The van der Waals surface area contributed by atoms with Crippen LogP contribution in [0.4, 0.5) is 14.9 Å². The van der Waals surface area contributed by atoms with E-state index in [1.165, 1.54) is 12.1 Å². The predicted molar refractivity (Wildman–Crippen MR) is 125 cm³/mol. The molecule has 0 spiro atoms. The van der Waals surface area contributed by atoms with Crippen LogP contribution in [0.15, 0.2) is 48.5 Å². The van der Waals surface area contributed by atoms with E-state index in [-0.39, 0.29) is 11.9 Å². The van der Waals surface area contributed by atoms with Gasteiger partial charge >= 0.3 is 6.09 Å². The molecule has 5 atom stereocenters. The van der Waals surface area contributed by atoms with Gasteiger partial charge in [-0.25, -0.2) is 9.18 Å². The van der Waals surface area contributed by atoms with Crippen LogP contribution in [0.25, 0.3) is 20.5 Å². The van der Waals surface area contributed by atoms with E-state index in [0.29, 0.717) is 35.5 Å². The van der Waals surface area contributed by atoms with Crippen LogP contribution >= 0.6 is 11.3 Å². The summed E-state index contributed by atoms with van der Waals surface area (Å²) in [6, 6.07) is 15.2. The van der Waals surface area contributed by atoms with Gasteiger partial charge in [-0.2, -0.15) is 0 Å². The molecule has 9 heteroatoms. The van der Waals surface area contributed by atoms with Crippen LogP contribution in [0, 0.1) is 5.82 Å². The highest BCUT2D eigenvalue weighted by molar-refractivity contribution is 7.22. The number of amides is 1.